The van der Waals surface area contributed by atoms with E-state index in [2.05, 4.69) is 4.98 Å². The molecule has 0 bridgehead atoms. The van der Waals surface area contributed by atoms with Crippen LogP contribution in [0.25, 0.3) is 11.3 Å². The molecule has 3 N–H and O–H groups in total. The highest BCUT2D eigenvalue weighted by atomic mass is 16.5. The first-order valence-corrected chi connectivity index (χ1v) is 15.3. The van der Waals surface area contributed by atoms with Gasteiger partial charge in [-0.1, -0.05) is 13.8 Å². The third-order valence-electron chi connectivity index (χ3n) is 12.1. The zero-order valence-electron chi connectivity index (χ0n) is 24.9. The number of aromatic nitrogens is 1. The number of aliphatic carboxylic acids is 1. The van der Waals surface area contributed by atoms with Crippen molar-refractivity contribution in [3.05, 3.63) is 46.6 Å². The number of hydrogen-bond donors (Lipinski definition) is 3. The van der Waals surface area contributed by atoms with Gasteiger partial charge in [0.25, 0.3) is 0 Å². The molecule has 10 nitrogen and oxygen atoms in total. The number of pyridine rings is 1. The summed E-state index contributed by atoms with van der Waals surface area (Å²) in [5, 5.41) is 34.1. The molecule has 0 amide bonds. The highest BCUT2D eigenvalue weighted by Gasteiger charge is 2.75. The summed E-state index contributed by atoms with van der Waals surface area (Å²) in [4.78, 5) is 42.9. The van der Waals surface area contributed by atoms with Gasteiger partial charge in [-0.15, -0.1) is 0 Å². The lowest BCUT2D eigenvalue weighted by Gasteiger charge is -2.67. The van der Waals surface area contributed by atoms with E-state index in [-0.39, 0.29) is 47.2 Å². The molecule has 230 valence electrons. The van der Waals surface area contributed by atoms with E-state index >= 15 is 0 Å². The Bertz CT molecular complexity index is 1550. The number of nitrogens with zero attached hydrogens (tertiary/aromatic N) is 1. The number of carbonyl (C=O) groups is 2. The average Bonchev–Trinajstić information content (AvgIpc) is 3.88. The molecule has 1 aliphatic heterocycles. The number of hydrogen-bond acceptors (Lipinski definition) is 9. The Morgan fingerprint density at radius 2 is 1.84 bits per heavy atom. The normalized spacial score (nSPS) is 42.9. The molecule has 2 unspecified atom stereocenters. The van der Waals surface area contributed by atoms with E-state index in [0.29, 0.717) is 24.8 Å². The topological polar surface area (TPSA) is 156 Å². The molecular formula is C33H39NO9. The molecule has 7 rings (SSSR count). The van der Waals surface area contributed by atoms with Crippen LogP contribution in [0.4, 0.5) is 0 Å². The molecule has 0 radical (unpaired) electrons. The molecule has 3 heterocycles. The Kier molecular flexibility index (Phi) is 6.06. The first-order chi connectivity index (χ1) is 20.2. The van der Waals surface area contributed by atoms with E-state index in [1.807, 2.05) is 13.8 Å². The fourth-order valence-electron chi connectivity index (χ4n) is 9.49. The molecule has 5 aliphatic rings. The summed E-state index contributed by atoms with van der Waals surface area (Å²) in [5.41, 5.74) is -3.86. The molecule has 2 aromatic rings. The number of aliphatic hydroxyl groups excluding tert-OH is 2. The van der Waals surface area contributed by atoms with Crippen molar-refractivity contribution >= 4 is 11.9 Å². The Hall–Kier alpha value is -3.24. The van der Waals surface area contributed by atoms with E-state index in [1.54, 1.807) is 44.4 Å². The van der Waals surface area contributed by atoms with Crippen molar-refractivity contribution in [1.82, 2.24) is 4.98 Å². The number of esters is 1. The maximum absolute atomic E-state index is 13.4. The SMILES string of the molecule is CC1(C(=O)O)CC1[C@]1(C)[C@@H](OC(=O)C2CC2)CC[C@]2(C)[C@H]3[C@@H](O)c4c(cc(-c5cccnc5)oc4=O)O[C@]3(C)[C@@H](O)C[C@H]21. The van der Waals surface area contributed by atoms with Crippen molar-refractivity contribution in [2.24, 2.45) is 39.9 Å². The number of carboxylic acid groups (broad SMARTS) is 1. The van der Waals surface area contributed by atoms with Crippen LogP contribution >= 0.6 is 0 Å². The van der Waals surface area contributed by atoms with E-state index in [4.69, 9.17) is 13.9 Å². The lowest BCUT2D eigenvalue weighted by atomic mass is 9.41. The van der Waals surface area contributed by atoms with Crippen molar-refractivity contribution in [2.45, 2.75) is 90.1 Å². The Morgan fingerprint density at radius 3 is 2.47 bits per heavy atom. The van der Waals surface area contributed by atoms with Gasteiger partial charge >= 0.3 is 17.6 Å². The summed E-state index contributed by atoms with van der Waals surface area (Å²) in [5.74, 6) is -2.17. The Morgan fingerprint density at radius 1 is 1.09 bits per heavy atom. The van der Waals surface area contributed by atoms with Crippen LogP contribution in [-0.2, 0) is 14.3 Å². The van der Waals surface area contributed by atoms with Crippen LogP contribution in [0.15, 0.2) is 39.8 Å². The van der Waals surface area contributed by atoms with E-state index in [0.717, 1.165) is 12.8 Å². The summed E-state index contributed by atoms with van der Waals surface area (Å²) in [6, 6.07) is 5.04. The second-order valence-corrected chi connectivity index (χ2v) is 14.5. The van der Waals surface area contributed by atoms with Gasteiger partial charge in [0.2, 0.25) is 0 Å². The smallest absolute Gasteiger partial charge is 0.345 e. The van der Waals surface area contributed by atoms with Crippen molar-refractivity contribution < 1.29 is 38.8 Å². The molecule has 4 aliphatic carbocycles. The number of ether oxygens (including phenoxy) is 2. The summed E-state index contributed by atoms with van der Waals surface area (Å²) in [7, 11) is 0. The van der Waals surface area contributed by atoms with E-state index < -0.39 is 57.7 Å². The molecule has 0 spiro atoms. The fraction of sp³-hybridized carbons (Fsp3) is 0.636. The highest BCUT2D eigenvalue weighted by molar-refractivity contribution is 5.78. The van der Waals surface area contributed by atoms with Crippen molar-refractivity contribution in [3.8, 4) is 17.1 Å². The van der Waals surface area contributed by atoms with Gasteiger partial charge < -0.3 is 29.2 Å². The number of rotatable bonds is 5. The molecular weight excluding hydrogens is 554 g/mol. The van der Waals surface area contributed by atoms with E-state index in [1.165, 1.54) is 0 Å². The van der Waals surface area contributed by atoms with Crippen LogP contribution in [0.5, 0.6) is 5.75 Å². The molecule has 4 saturated carbocycles. The third-order valence-corrected chi connectivity index (χ3v) is 12.1. The molecule has 10 atom stereocenters. The van der Waals surface area contributed by atoms with Crippen LogP contribution in [0, 0.1) is 39.9 Å². The maximum atomic E-state index is 13.4. The van der Waals surface area contributed by atoms with Gasteiger partial charge in [-0.3, -0.25) is 14.6 Å². The van der Waals surface area contributed by atoms with Crippen LogP contribution < -0.4 is 10.4 Å². The first-order valence-electron chi connectivity index (χ1n) is 15.3. The summed E-state index contributed by atoms with van der Waals surface area (Å²) >= 11 is 0. The largest absolute Gasteiger partial charge is 0.484 e. The van der Waals surface area contributed by atoms with Crippen LogP contribution in [-0.4, -0.2) is 50.1 Å². The third kappa shape index (κ3) is 3.91. The van der Waals surface area contributed by atoms with Crippen LogP contribution in [0.2, 0.25) is 0 Å². The molecule has 0 saturated heterocycles. The minimum Gasteiger partial charge on any atom is -0.484 e. The zero-order valence-corrected chi connectivity index (χ0v) is 24.9. The van der Waals surface area contributed by atoms with Crippen LogP contribution in [0.3, 0.4) is 0 Å². The van der Waals surface area contributed by atoms with Gasteiger partial charge in [0.05, 0.1) is 23.5 Å². The van der Waals surface area contributed by atoms with Gasteiger partial charge in [0.15, 0.2) is 0 Å². The summed E-state index contributed by atoms with van der Waals surface area (Å²) in [6.45, 7) is 7.57. The predicted octanol–water partition coefficient (Wildman–Crippen LogP) is 4.12. The zero-order chi connectivity index (χ0) is 30.7. The molecule has 0 aromatic carbocycles. The second-order valence-electron chi connectivity index (χ2n) is 14.5. The van der Waals surface area contributed by atoms with Crippen LogP contribution in [0.1, 0.15) is 77.9 Å². The molecule has 43 heavy (non-hydrogen) atoms. The molecule has 4 fully saturated rings. The van der Waals surface area contributed by atoms with Gasteiger partial charge in [0.1, 0.15) is 28.8 Å². The number of fused-ring (bicyclic) bond motifs is 4. The number of aliphatic hydroxyl groups is 2. The fourth-order valence-corrected chi connectivity index (χ4v) is 9.49. The quantitative estimate of drug-likeness (QED) is 0.431. The standard InChI is InChI=1S/C33H39NO9/c1-30-10-9-23(42-27(37)16-7-8-16)32(3,21-14-31(21,2)29(39)40)20(30)13-22(35)33(4)26(30)25(36)24-19(43-33)12-18(41-28(24)38)17-6-5-11-34-15-17/h5-6,11-12,15-16,20-23,25-26,35-36H,7-10,13-14H2,1-4H3,(H,39,40)/t20-,21?,22+,23+,25+,26-,30+,31?,32-,33-/m1/s1. The van der Waals surface area contributed by atoms with Crippen molar-refractivity contribution in [1.29, 1.82) is 0 Å². The van der Waals surface area contributed by atoms with Crippen molar-refractivity contribution in [2.75, 3.05) is 0 Å². The van der Waals surface area contributed by atoms with Gasteiger partial charge in [0, 0.05) is 35.4 Å². The number of carbonyl (C=O) groups excluding carboxylic acids is 1. The molecule has 2 aromatic heterocycles. The van der Waals surface area contributed by atoms with Gasteiger partial charge in [-0.2, -0.15) is 0 Å². The first kappa shape index (κ1) is 28.5. The Balaban J connectivity index is 1.32. The summed E-state index contributed by atoms with van der Waals surface area (Å²) < 4.78 is 18.4. The van der Waals surface area contributed by atoms with Gasteiger partial charge in [-0.05, 0) is 81.8 Å². The lowest BCUT2D eigenvalue weighted by molar-refractivity contribution is -0.267. The van der Waals surface area contributed by atoms with E-state index in [9.17, 15) is 29.7 Å². The molecule has 10 heteroatoms. The Labute approximate surface area is 249 Å². The lowest BCUT2D eigenvalue weighted by Crippen LogP contribution is -2.70. The average molecular weight is 594 g/mol. The highest BCUT2D eigenvalue weighted by Crippen LogP contribution is 2.74. The maximum Gasteiger partial charge on any atom is 0.345 e. The van der Waals surface area contributed by atoms with Crippen molar-refractivity contribution in [3.63, 3.8) is 0 Å². The summed E-state index contributed by atoms with van der Waals surface area (Å²) in [6.07, 6.45) is 3.59. The second kappa shape index (κ2) is 9.14. The predicted molar refractivity (Wildman–Crippen MR) is 152 cm³/mol. The minimum atomic E-state index is -1.31. The minimum absolute atomic E-state index is 0.00924. The monoisotopic (exact) mass is 593 g/mol. The number of carboxylic acids is 1. The van der Waals surface area contributed by atoms with Gasteiger partial charge in [-0.25, -0.2) is 4.79 Å².